The third-order valence-electron chi connectivity index (χ3n) is 3.28. The van der Waals surface area contributed by atoms with Crippen LogP contribution in [0.5, 0.6) is 0 Å². The van der Waals surface area contributed by atoms with E-state index in [0.29, 0.717) is 12.8 Å². The molecule has 0 aliphatic heterocycles. The van der Waals surface area contributed by atoms with E-state index in [0.717, 1.165) is 25.3 Å². The summed E-state index contributed by atoms with van der Waals surface area (Å²) in [7, 11) is 0. The lowest BCUT2D eigenvalue weighted by Gasteiger charge is -2.32. The normalized spacial score (nSPS) is 19.9. The van der Waals surface area contributed by atoms with Crippen LogP contribution in [-0.4, -0.2) is 23.2 Å². The number of hydrogen-bond donors (Lipinski definition) is 2. The molecule has 3 nitrogen and oxygen atoms in total. The molecule has 0 atom stereocenters. The molecule has 0 aromatic rings. The Morgan fingerprint density at radius 1 is 1.42 bits per heavy atom. The van der Waals surface area contributed by atoms with Crippen molar-refractivity contribution in [2.45, 2.75) is 44.6 Å². The summed E-state index contributed by atoms with van der Waals surface area (Å²) in [6.07, 6.45) is 8.52. The van der Waals surface area contributed by atoms with E-state index in [-0.39, 0.29) is 12.1 Å². The SMILES string of the molecule is C=CC=C(C=C(C)F)C(=O)NCC1(O)CCCCC1. The van der Waals surface area contributed by atoms with Crippen LogP contribution in [0.1, 0.15) is 39.0 Å². The smallest absolute Gasteiger partial charge is 0.251 e. The second kappa shape index (κ2) is 7.24. The van der Waals surface area contributed by atoms with Crippen molar-refractivity contribution in [3.63, 3.8) is 0 Å². The molecule has 19 heavy (non-hydrogen) atoms. The third kappa shape index (κ3) is 5.39. The second-order valence-electron chi connectivity index (χ2n) is 5.06. The fourth-order valence-electron chi connectivity index (χ4n) is 2.26. The molecule has 2 N–H and O–H groups in total. The summed E-state index contributed by atoms with van der Waals surface area (Å²) < 4.78 is 12.9. The van der Waals surface area contributed by atoms with E-state index in [9.17, 15) is 14.3 Å². The van der Waals surface area contributed by atoms with Crippen molar-refractivity contribution in [3.8, 4) is 0 Å². The molecule has 106 valence electrons. The van der Waals surface area contributed by atoms with Gasteiger partial charge >= 0.3 is 0 Å². The monoisotopic (exact) mass is 267 g/mol. The van der Waals surface area contributed by atoms with Gasteiger partial charge in [-0.3, -0.25) is 4.79 Å². The lowest BCUT2D eigenvalue weighted by Crippen LogP contribution is -2.44. The van der Waals surface area contributed by atoms with Crippen molar-refractivity contribution in [2.24, 2.45) is 0 Å². The van der Waals surface area contributed by atoms with Gasteiger partial charge in [0.15, 0.2) is 0 Å². The van der Waals surface area contributed by atoms with Crippen LogP contribution in [0.3, 0.4) is 0 Å². The van der Waals surface area contributed by atoms with Gasteiger partial charge in [-0.25, -0.2) is 4.39 Å². The number of amides is 1. The first kappa shape index (κ1) is 15.6. The van der Waals surface area contributed by atoms with Crippen molar-refractivity contribution >= 4 is 5.91 Å². The number of aliphatic hydroxyl groups is 1. The summed E-state index contributed by atoms with van der Waals surface area (Å²) in [5.41, 5.74) is -0.615. The van der Waals surface area contributed by atoms with Crippen LogP contribution in [0.15, 0.2) is 36.2 Å². The Bertz CT molecular complexity index is 389. The zero-order chi connectivity index (χ0) is 14.3. The molecular formula is C15H22FNO2. The molecule has 1 amide bonds. The first-order valence-electron chi connectivity index (χ1n) is 6.64. The highest BCUT2D eigenvalue weighted by Gasteiger charge is 2.29. The van der Waals surface area contributed by atoms with E-state index < -0.39 is 17.3 Å². The van der Waals surface area contributed by atoms with Crippen LogP contribution in [0.4, 0.5) is 4.39 Å². The molecule has 1 fully saturated rings. The van der Waals surface area contributed by atoms with Gasteiger partial charge in [-0.1, -0.05) is 31.9 Å². The van der Waals surface area contributed by atoms with Crippen molar-refractivity contribution in [2.75, 3.05) is 6.54 Å². The number of carbonyl (C=O) groups is 1. The second-order valence-corrected chi connectivity index (χ2v) is 5.06. The molecule has 0 unspecified atom stereocenters. The zero-order valence-corrected chi connectivity index (χ0v) is 11.4. The van der Waals surface area contributed by atoms with Crippen LogP contribution in [-0.2, 0) is 4.79 Å². The van der Waals surface area contributed by atoms with Gasteiger partial charge in [0, 0.05) is 12.1 Å². The van der Waals surface area contributed by atoms with Gasteiger partial charge in [-0.15, -0.1) is 0 Å². The highest BCUT2D eigenvalue weighted by atomic mass is 19.1. The quantitative estimate of drug-likeness (QED) is 0.594. The first-order chi connectivity index (χ1) is 8.97. The summed E-state index contributed by atoms with van der Waals surface area (Å²) in [6, 6.07) is 0. The zero-order valence-electron chi connectivity index (χ0n) is 11.4. The largest absolute Gasteiger partial charge is 0.388 e. The molecule has 0 aromatic carbocycles. The molecule has 1 saturated carbocycles. The van der Waals surface area contributed by atoms with E-state index in [1.165, 1.54) is 19.1 Å². The molecule has 0 aromatic heterocycles. The van der Waals surface area contributed by atoms with E-state index in [1.54, 1.807) is 0 Å². The molecule has 1 aliphatic rings. The molecule has 0 saturated heterocycles. The molecule has 0 spiro atoms. The Labute approximate surface area is 113 Å². The first-order valence-corrected chi connectivity index (χ1v) is 6.64. The Balaban J connectivity index is 2.60. The van der Waals surface area contributed by atoms with Crippen molar-refractivity contribution in [1.82, 2.24) is 5.32 Å². The highest BCUT2D eigenvalue weighted by Crippen LogP contribution is 2.27. The summed E-state index contributed by atoms with van der Waals surface area (Å²) in [4.78, 5) is 11.9. The van der Waals surface area contributed by atoms with E-state index >= 15 is 0 Å². The molecule has 1 rings (SSSR count). The van der Waals surface area contributed by atoms with Crippen LogP contribution in [0, 0.1) is 0 Å². The minimum atomic E-state index is -0.818. The fourth-order valence-corrected chi connectivity index (χ4v) is 2.26. The molecule has 0 radical (unpaired) electrons. The van der Waals surface area contributed by atoms with E-state index in [1.807, 2.05) is 0 Å². The maximum atomic E-state index is 12.9. The van der Waals surface area contributed by atoms with E-state index in [2.05, 4.69) is 11.9 Å². The average Bonchev–Trinajstić information content (AvgIpc) is 2.36. The molecule has 0 heterocycles. The van der Waals surface area contributed by atoms with Crippen LogP contribution in [0.2, 0.25) is 0 Å². The Hall–Kier alpha value is -1.42. The predicted molar refractivity (Wildman–Crippen MR) is 74.2 cm³/mol. The van der Waals surface area contributed by atoms with Crippen molar-refractivity contribution in [1.29, 1.82) is 0 Å². The standard InChI is InChI=1S/C15H22FNO2/c1-3-7-13(10-12(2)16)14(18)17-11-15(19)8-5-4-6-9-15/h3,7,10,19H,1,4-6,8-9,11H2,2H3,(H,17,18). The predicted octanol–water partition coefficient (Wildman–Crippen LogP) is 2.78. The molecule has 4 heteroatoms. The number of carbonyl (C=O) groups excluding carboxylic acids is 1. The van der Waals surface area contributed by atoms with Gasteiger partial charge < -0.3 is 10.4 Å². The molecule has 1 aliphatic carbocycles. The maximum Gasteiger partial charge on any atom is 0.251 e. The van der Waals surface area contributed by atoms with Gasteiger partial charge in [-0.2, -0.15) is 0 Å². The summed E-state index contributed by atoms with van der Waals surface area (Å²) >= 11 is 0. The van der Waals surface area contributed by atoms with E-state index in [4.69, 9.17) is 0 Å². The number of nitrogens with one attached hydrogen (secondary N) is 1. The average molecular weight is 267 g/mol. The summed E-state index contributed by atoms with van der Waals surface area (Å²) in [5.74, 6) is -0.837. The molecule has 0 bridgehead atoms. The minimum absolute atomic E-state index is 0.203. The van der Waals surface area contributed by atoms with Gasteiger partial charge in [-0.05, 0) is 31.9 Å². The van der Waals surface area contributed by atoms with Gasteiger partial charge in [0.25, 0.3) is 5.91 Å². The van der Waals surface area contributed by atoms with Crippen LogP contribution in [0.25, 0.3) is 0 Å². The third-order valence-corrected chi connectivity index (χ3v) is 3.28. The number of hydrogen-bond acceptors (Lipinski definition) is 2. The Morgan fingerprint density at radius 2 is 2.05 bits per heavy atom. The summed E-state index contributed by atoms with van der Waals surface area (Å²) in [5, 5.41) is 12.9. The number of allylic oxidation sites excluding steroid dienone is 3. The van der Waals surface area contributed by atoms with Crippen LogP contribution >= 0.6 is 0 Å². The number of rotatable bonds is 5. The maximum absolute atomic E-state index is 12.9. The minimum Gasteiger partial charge on any atom is -0.388 e. The summed E-state index contributed by atoms with van der Waals surface area (Å²) in [6.45, 7) is 4.98. The Morgan fingerprint density at radius 3 is 2.58 bits per heavy atom. The van der Waals surface area contributed by atoms with Crippen molar-refractivity contribution < 1.29 is 14.3 Å². The Kier molecular flexibility index (Phi) is 5.96. The lowest BCUT2D eigenvalue weighted by atomic mass is 9.85. The fraction of sp³-hybridized carbons (Fsp3) is 0.533. The molecular weight excluding hydrogens is 245 g/mol. The van der Waals surface area contributed by atoms with Gasteiger partial charge in [0.2, 0.25) is 0 Å². The topological polar surface area (TPSA) is 49.3 Å². The highest BCUT2D eigenvalue weighted by molar-refractivity contribution is 5.96. The van der Waals surface area contributed by atoms with Crippen molar-refractivity contribution in [3.05, 3.63) is 36.2 Å². The van der Waals surface area contributed by atoms with Gasteiger partial charge in [0.1, 0.15) is 0 Å². The van der Waals surface area contributed by atoms with Gasteiger partial charge in [0.05, 0.1) is 11.4 Å². The number of halogens is 1. The lowest BCUT2D eigenvalue weighted by molar-refractivity contribution is -0.118. The van der Waals surface area contributed by atoms with Crippen LogP contribution < -0.4 is 5.32 Å².